The van der Waals surface area contributed by atoms with Gasteiger partial charge in [0.2, 0.25) is 0 Å². The smallest absolute Gasteiger partial charge is 0.323 e. The van der Waals surface area contributed by atoms with Crippen LogP contribution in [0.3, 0.4) is 0 Å². The van der Waals surface area contributed by atoms with Crippen LogP contribution in [0.2, 0.25) is 0 Å². The first-order chi connectivity index (χ1) is 10.8. The Morgan fingerprint density at radius 3 is 1.48 bits per heavy atom. The lowest BCUT2D eigenvalue weighted by molar-refractivity contribution is -0.143. The average Bonchev–Trinajstić information content (AvgIpc) is 2.78. The summed E-state index contributed by atoms with van der Waals surface area (Å²) in [6.07, 6.45) is -0.546. The molecule has 0 spiro atoms. The summed E-state index contributed by atoms with van der Waals surface area (Å²) in [4.78, 5) is 11.6. The monoisotopic (exact) mass is 313 g/mol. The molecule has 0 amide bonds. The summed E-state index contributed by atoms with van der Waals surface area (Å²) < 4.78 is 0. The number of aliphatic hydroxyl groups is 2. The SMILES string of the molecule is NC1(C(=O)O)C[C@@](O)(c2ccccc2)[C@@](O)(c2ccccc2)C1. The van der Waals surface area contributed by atoms with Crippen LogP contribution in [0.15, 0.2) is 60.7 Å². The molecule has 3 rings (SSSR count). The number of rotatable bonds is 3. The minimum atomic E-state index is -1.79. The molecule has 1 aliphatic carbocycles. The first-order valence-corrected chi connectivity index (χ1v) is 7.40. The van der Waals surface area contributed by atoms with Crippen LogP contribution in [-0.2, 0) is 16.0 Å². The van der Waals surface area contributed by atoms with E-state index in [9.17, 15) is 20.1 Å². The van der Waals surface area contributed by atoms with E-state index >= 15 is 0 Å². The second-order valence-electron chi connectivity index (χ2n) is 6.27. The zero-order valence-corrected chi connectivity index (χ0v) is 12.5. The van der Waals surface area contributed by atoms with Gasteiger partial charge in [0.15, 0.2) is 0 Å². The van der Waals surface area contributed by atoms with Crippen molar-refractivity contribution in [1.29, 1.82) is 0 Å². The van der Waals surface area contributed by atoms with Crippen LogP contribution in [0.1, 0.15) is 24.0 Å². The van der Waals surface area contributed by atoms with Gasteiger partial charge in [-0.1, -0.05) is 60.7 Å². The average molecular weight is 313 g/mol. The van der Waals surface area contributed by atoms with Crippen LogP contribution in [0.4, 0.5) is 0 Å². The molecule has 2 aromatic rings. The third-order valence-electron chi connectivity index (χ3n) is 4.76. The van der Waals surface area contributed by atoms with Gasteiger partial charge in [-0.25, -0.2) is 0 Å². The van der Waals surface area contributed by atoms with Crippen LogP contribution in [0.25, 0.3) is 0 Å². The molecule has 1 unspecified atom stereocenters. The van der Waals surface area contributed by atoms with Crippen molar-refractivity contribution in [1.82, 2.24) is 0 Å². The maximum atomic E-state index is 11.6. The Bertz CT molecular complexity index is 665. The first-order valence-electron chi connectivity index (χ1n) is 7.40. The molecule has 0 bridgehead atoms. The van der Waals surface area contributed by atoms with Gasteiger partial charge in [-0.2, -0.15) is 0 Å². The highest BCUT2D eigenvalue weighted by atomic mass is 16.4. The van der Waals surface area contributed by atoms with Gasteiger partial charge in [0.1, 0.15) is 16.7 Å². The quantitative estimate of drug-likeness (QED) is 0.684. The highest BCUT2D eigenvalue weighted by Crippen LogP contribution is 2.55. The molecule has 5 heteroatoms. The maximum Gasteiger partial charge on any atom is 0.323 e. The molecule has 0 radical (unpaired) electrons. The highest BCUT2D eigenvalue weighted by molar-refractivity contribution is 5.80. The van der Waals surface area contributed by atoms with E-state index in [4.69, 9.17) is 5.73 Å². The number of carbonyl (C=O) groups is 1. The molecule has 0 saturated heterocycles. The van der Waals surface area contributed by atoms with Gasteiger partial charge < -0.3 is 21.1 Å². The van der Waals surface area contributed by atoms with Gasteiger partial charge >= 0.3 is 5.97 Å². The van der Waals surface area contributed by atoms with Gasteiger partial charge in [-0.3, -0.25) is 4.79 Å². The van der Waals surface area contributed by atoms with E-state index in [1.54, 1.807) is 60.7 Å². The molecule has 2 aromatic carbocycles. The van der Waals surface area contributed by atoms with E-state index in [1.165, 1.54) is 0 Å². The second kappa shape index (κ2) is 5.16. The topological polar surface area (TPSA) is 104 Å². The van der Waals surface area contributed by atoms with Crippen LogP contribution in [0, 0.1) is 0 Å². The molecule has 0 aliphatic heterocycles. The molecule has 5 N–H and O–H groups in total. The fraction of sp³-hybridized carbons (Fsp3) is 0.278. The molecule has 1 saturated carbocycles. The molecule has 3 atom stereocenters. The molecule has 1 aliphatic rings. The molecular weight excluding hydrogens is 294 g/mol. The van der Waals surface area contributed by atoms with Crippen LogP contribution >= 0.6 is 0 Å². The molecule has 0 aromatic heterocycles. The van der Waals surface area contributed by atoms with E-state index in [0.717, 1.165) is 0 Å². The minimum Gasteiger partial charge on any atom is -0.480 e. The van der Waals surface area contributed by atoms with Crippen molar-refractivity contribution in [2.75, 3.05) is 0 Å². The van der Waals surface area contributed by atoms with Gasteiger partial charge in [0.25, 0.3) is 0 Å². The van der Waals surface area contributed by atoms with Crippen LogP contribution in [0.5, 0.6) is 0 Å². The van der Waals surface area contributed by atoms with Crippen molar-refractivity contribution in [2.24, 2.45) is 5.73 Å². The summed E-state index contributed by atoms with van der Waals surface area (Å²) in [6.45, 7) is 0. The lowest BCUT2D eigenvalue weighted by Gasteiger charge is -2.38. The number of hydrogen-bond acceptors (Lipinski definition) is 4. The van der Waals surface area contributed by atoms with E-state index in [2.05, 4.69) is 0 Å². The van der Waals surface area contributed by atoms with E-state index in [1.807, 2.05) is 0 Å². The summed E-state index contributed by atoms with van der Waals surface area (Å²) in [7, 11) is 0. The zero-order chi connectivity index (χ0) is 16.7. The minimum absolute atomic E-state index is 0.273. The number of carboxylic acid groups (broad SMARTS) is 1. The molecule has 120 valence electrons. The lowest BCUT2D eigenvalue weighted by atomic mass is 9.76. The Morgan fingerprint density at radius 1 is 0.826 bits per heavy atom. The Morgan fingerprint density at radius 2 is 1.17 bits per heavy atom. The molecule has 23 heavy (non-hydrogen) atoms. The van der Waals surface area contributed by atoms with Crippen molar-refractivity contribution < 1.29 is 20.1 Å². The van der Waals surface area contributed by atoms with Gasteiger partial charge in [0, 0.05) is 12.8 Å². The van der Waals surface area contributed by atoms with Crippen molar-refractivity contribution in [3.63, 3.8) is 0 Å². The van der Waals surface area contributed by atoms with Crippen molar-refractivity contribution in [2.45, 2.75) is 29.6 Å². The van der Waals surface area contributed by atoms with Crippen molar-refractivity contribution in [3.8, 4) is 0 Å². The Hall–Kier alpha value is -2.21. The fourth-order valence-electron chi connectivity index (χ4n) is 3.53. The Balaban J connectivity index is 2.20. The highest BCUT2D eigenvalue weighted by Gasteiger charge is 2.65. The predicted octanol–water partition coefficient (Wildman–Crippen LogP) is 1.34. The Kier molecular flexibility index (Phi) is 3.52. The number of aliphatic carboxylic acids is 1. The van der Waals surface area contributed by atoms with E-state index in [-0.39, 0.29) is 12.8 Å². The lowest BCUT2D eigenvalue weighted by Crippen LogP contribution is -2.47. The van der Waals surface area contributed by atoms with Crippen LogP contribution < -0.4 is 5.73 Å². The summed E-state index contributed by atoms with van der Waals surface area (Å²) in [6, 6.07) is 17.2. The molecule has 1 fully saturated rings. The van der Waals surface area contributed by atoms with Gasteiger partial charge in [0.05, 0.1) is 0 Å². The Labute approximate surface area is 134 Å². The zero-order valence-electron chi connectivity index (χ0n) is 12.5. The predicted molar refractivity (Wildman–Crippen MR) is 84.5 cm³/mol. The second-order valence-corrected chi connectivity index (χ2v) is 6.27. The van der Waals surface area contributed by atoms with E-state index in [0.29, 0.717) is 11.1 Å². The maximum absolute atomic E-state index is 11.6. The third kappa shape index (κ3) is 2.25. The van der Waals surface area contributed by atoms with Crippen molar-refractivity contribution in [3.05, 3.63) is 71.8 Å². The first kappa shape index (κ1) is 15.7. The van der Waals surface area contributed by atoms with Crippen molar-refractivity contribution >= 4 is 5.97 Å². The number of benzene rings is 2. The van der Waals surface area contributed by atoms with Gasteiger partial charge in [-0.15, -0.1) is 0 Å². The number of hydrogen-bond donors (Lipinski definition) is 4. The summed E-state index contributed by atoms with van der Waals surface area (Å²) in [5, 5.41) is 32.1. The summed E-state index contributed by atoms with van der Waals surface area (Å²) >= 11 is 0. The molecule has 5 nitrogen and oxygen atoms in total. The van der Waals surface area contributed by atoms with E-state index < -0.39 is 22.7 Å². The fourth-order valence-corrected chi connectivity index (χ4v) is 3.53. The molecular formula is C18H19NO4. The molecule has 0 heterocycles. The summed E-state index contributed by atoms with van der Waals surface area (Å²) in [5.41, 5.74) is 1.61. The summed E-state index contributed by atoms with van der Waals surface area (Å²) in [5.74, 6) is -1.24. The number of nitrogens with two attached hydrogens (primary N) is 1. The van der Waals surface area contributed by atoms with Gasteiger partial charge in [-0.05, 0) is 11.1 Å². The number of carboxylic acids is 1. The standard InChI is InChI=1S/C18H19NO4/c19-16(15(20)21)11-17(22,13-7-3-1-4-8-13)18(23,12-16)14-9-5-2-6-10-14/h1-10,22-23H,11-12,19H2,(H,20,21)/t16?,17-,18+. The van der Waals surface area contributed by atoms with Crippen LogP contribution in [-0.4, -0.2) is 26.8 Å². The third-order valence-corrected chi connectivity index (χ3v) is 4.76. The largest absolute Gasteiger partial charge is 0.480 e. The normalized spacial score (nSPS) is 33.5.